The molecule has 22 heavy (non-hydrogen) atoms. The number of aryl methyl sites for hydroxylation is 1. The van der Waals surface area contributed by atoms with E-state index in [0.717, 1.165) is 17.8 Å². The summed E-state index contributed by atoms with van der Waals surface area (Å²) in [5.41, 5.74) is 3.60. The molecule has 2 N–H and O–H groups in total. The van der Waals surface area contributed by atoms with Crippen molar-refractivity contribution in [3.63, 3.8) is 0 Å². The maximum Gasteiger partial charge on any atom is 0.226 e. The molecular weight excluding hydrogens is 274 g/mol. The molecule has 0 saturated carbocycles. The van der Waals surface area contributed by atoms with Gasteiger partial charge in [0.1, 0.15) is 0 Å². The Morgan fingerprint density at radius 3 is 2.27 bits per heavy atom. The molecule has 0 aromatic heterocycles. The quantitative estimate of drug-likeness (QED) is 0.856. The highest BCUT2D eigenvalue weighted by Crippen LogP contribution is 2.11. The van der Waals surface area contributed by atoms with E-state index in [1.54, 1.807) is 12.1 Å². The zero-order chi connectivity index (χ0) is 15.8. The maximum absolute atomic E-state index is 11.9. The summed E-state index contributed by atoms with van der Waals surface area (Å²) in [4.78, 5) is 11.9. The molecule has 0 aliphatic rings. The minimum atomic E-state index is -0.0228. The van der Waals surface area contributed by atoms with E-state index >= 15 is 0 Å². The molecule has 4 heteroatoms. The number of hydrogen-bond donors (Lipinski definition) is 2. The number of nitrogens with one attached hydrogen (secondary N) is 2. The number of carbonyl (C=O) groups is 1. The van der Waals surface area contributed by atoms with Gasteiger partial charge in [-0.25, -0.2) is 0 Å². The van der Waals surface area contributed by atoms with Crippen molar-refractivity contribution in [2.75, 3.05) is 17.2 Å². The van der Waals surface area contributed by atoms with Crippen LogP contribution in [0.2, 0.25) is 0 Å². The summed E-state index contributed by atoms with van der Waals surface area (Å²) in [6.07, 6.45) is 1.37. The fourth-order valence-corrected chi connectivity index (χ4v) is 2.03. The van der Waals surface area contributed by atoms with Crippen LogP contribution in [0.5, 0.6) is 0 Å². The first-order valence-electron chi connectivity index (χ1n) is 7.34. The first-order chi connectivity index (χ1) is 10.7. The summed E-state index contributed by atoms with van der Waals surface area (Å²) in [5, 5.41) is 14.8. The van der Waals surface area contributed by atoms with E-state index in [0.29, 0.717) is 18.5 Å². The monoisotopic (exact) mass is 293 g/mol. The molecule has 0 heterocycles. The normalized spacial score (nSPS) is 9.82. The smallest absolute Gasteiger partial charge is 0.226 e. The molecule has 0 atom stereocenters. The Morgan fingerprint density at radius 2 is 1.68 bits per heavy atom. The number of nitriles is 1. The number of rotatable bonds is 6. The largest absolute Gasteiger partial charge is 0.385 e. The van der Waals surface area contributed by atoms with E-state index in [9.17, 15) is 4.79 Å². The van der Waals surface area contributed by atoms with Gasteiger partial charge in [-0.2, -0.15) is 5.26 Å². The van der Waals surface area contributed by atoms with Crippen molar-refractivity contribution in [2.45, 2.75) is 19.8 Å². The summed E-state index contributed by atoms with van der Waals surface area (Å²) in [6.45, 7) is 2.65. The van der Waals surface area contributed by atoms with Crippen LogP contribution >= 0.6 is 0 Å². The van der Waals surface area contributed by atoms with Gasteiger partial charge >= 0.3 is 0 Å². The number of benzene rings is 2. The highest BCUT2D eigenvalue weighted by atomic mass is 16.1. The van der Waals surface area contributed by atoms with E-state index in [1.165, 1.54) is 5.56 Å². The van der Waals surface area contributed by atoms with E-state index in [-0.39, 0.29) is 5.91 Å². The van der Waals surface area contributed by atoms with Gasteiger partial charge in [0.25, 0.3) is 0 Å². The molecule has 0 aliphatic heterocycles. The van der Waals surface area contributed by atoms with E-state index in [2.05, 4.69) is 23.6 Å². The van der Waals surface area contributed by atoms with Gasteiger partial charge in [-0.15, -0.1) is 0 Å². The standard InChI is InChI=1S/C18H19N3O/c1-2-14-3-9-17(10-4-14)21-18(22)11-12-20-16-7-5-15(13-19)6-8-16/h3-10,20H,2,11-12H2,1H3,(H,21,22). The molecule has 4 nitrogen and oxygen atoms in total. The number of nitrogens with zero attached hydrogens (tertiary/aromatic N) is 1. The van der Waals surface area contributed by atoms with Gasteiger partial charge in [-0.1, -0.05) is 19.1 Å². The zero-order valence-electron chi connectivity index (χ0n) is 12.6. The fourth-order valence-electron chi connectivity index (χ4n) is 2.03. The van der Waals surface area contributed by atoms with E-state index < -0.39 is 0 Å². The average Bonchev–Trinajstić information content (AvgIpc) is 2.56. The first-order valence-corrected chi connectivity index (χ1v) is 7.34. The predicted molar refractivity (Wildman–Crippen MR) is 88.7 cm³/mol. The lowest BCUT2D eigenvalue weighted by atomic mass is 10.1. The van der Waals surface area contributed by atoms with Crippen LogP contribution < -0.4 is 10.6 Å². The van der Waals surface area contributed by atoms with E-state index in [4.69, 9.17) is 5.26 Å². The summed E-state index contributed by atoms with van der Waals surface area (Å²) in [7, 11) is 0. The third kappa shape index (κ3) is 4.64. The van der Waals surface area contributed by atoms with Gasteiger partial charge in [0.05, 0.1) is 11.6 Å². The van der Waals surface area contributed by atoms with Crippen LogP contribution in [-0.4, -0.2) is 12.5 Å². The highest BCUT2D eigenvalue weighted by Gasteiger charge is 2.02. The third-order valence-electron chi connectivity index (χ3n) is 3.34. The second-order valence-electron chi connectivity index (χ2n) is 4.96. The SMILES string of the molecule is CCc1ccc(NC(=O)CCNc2ccc(C#N)cc2)cc1. The number of hydrogen-bond acceptors (Lipinski definition) is 3. The first kappa shape index (κ1) is 15.6. The molecule has 2 aromatic rings. The Balaban J connectivity index is 1.76. The van der Waals surface area contributed by atoms with Crippen LogP contribution in [0, 0.1) is 11.3 Å². The van der Waals surface area contributed by atoms with Crippen molar-refractivity contribution in [1.29, 1.82) is 5.26 Å². The molecule has 0 unspecified atom stereocenters. The maximum atomic E-state index is 11.9. The second-order valence-corrected chi connectivity index (χ2v) is 4.96. The molecule has 0 aliphatic carbocycles. The van der Waals surface area contributed by atoms with Crippen molar-refractivity contribution in [1.82, 2.24) is 0 Å². The van der Waals surface area contributed by atoms with Crippen molar-refractivity contribution < 1.29 is 4.79 Å². The van der Waals surface area contributed by atoms with Crippen LogP contribution in [0.3, 0.4) is 0 Å². The zero-order valence-corrected chi connectivity index (χ0v) is 12.6. The van der Waals surface area contributed by atoms with Gasteiger partial charge < -0.3 is 10.6 Å². The van der Waals surface area contributed by atoms with Gasteiger partial charge in [-0.3, -0.25) is 4.79 Å². The fraction of sp³-hybridized carbons (Fsp3) is 0.222. The Bertz CT molecular complexity index is 654. The molecule has 0 radical (unpaired) electrons. The van der Waals surface area contributed by atoms with Crippen molar-refractivity contribution in [2.24, 2.45) is 0 Å². The molecule has 2 rings (SSSR count). The lowest BCUT2D eigenvalue weighted by molar-refractivity contribution is -0.115. The molecule has 0 spiro atoms. The Morgan fingerprint density at radius 1 is 1.05 bits per heavy atom. The Kier molecular flexibility index (Phi) is 5.56. The van der Waals surface area contributed by atoms with Gasteiger partial charge in [0, 0.05) is 24.3 Å². The Hall–Kier alpha value is -2.80. The van der Waals surface area contributed by atoms with Crippen molar-refractivity contribution in [3.8, 4) is 6.07 Å². The summed E-state index contributed by atoms with van der Waals surface area (Å²) in [6, 6.07) is 17.1. The lowest BCUT2D eigenvalue weighted by Gasteiger charge is -2.08. The summed E-state index contributed by atoms with van der Waals surface area (Å²) in [5.74, 6) is -0.0228. The van der Waals surface area contributed by atoms with Crippen LogP contribution in [0.15, 0.2) is 48.5 Å². The number of carbonyl (C=O) groups excluding carboxylic acids is 1. The number of anilines is 2. The molecule has 1 amide bonds. The minimum absolute atomic E-state index is 0.0228. The van der Waals surface area contributed by atoms with Crippen molar-refractivity contribution >= 4 is 17.3 Å². The van der Waals surface area contributed by atoms with Gasteiger partial charge in [0.2, 0.25) is 5.91 Å². The van der Waals surface area contributed by atoms with E-state index in [1.807, 2.05) is 36.4 Å². The Labute approximate surface area is 130 Å². The van der Waals surface area contributed by atoms with Gasteiger partial charge in [0.15, 0.2) is 0 Å². The molecule has 0 saturated heterocycles. The summed E-state index contributed by atoms with van der Waals surface area (Å²) >= 11 is 0. The molecule has 0 fully saturated rings. The third-order valence-corrected chi connectivity index (χ3v) is 3.34. The highest BCUT2D eigenvalue weighted by molar-refractivity contribution is 5.90. The lowest BCUT2D eigenvalue weighted by Crippen LogP contribution is -2.16. The average molecular weight is 293 g/mol. The molecular formula is C18H19N3O. The molecule has 112 valence electrons. The molecule has 2 aromatic carbocycles. The van der Waals surface area contributed by atoms with Crippen LogP contribution in [0.25, 0.3) is 0 Å². The predicted octanol–water partition coefficient (Wildman–Crippen LogP) is 3.56. The summed E-state index contributed by atoms with van der Waals surface area (Å²) < 4.78 is 0. The van der Waals surface area contributed by atoms with Crippen LogP contribution in [-0.2, 0) is 11.2 Å². The second kappa shape index (κ2) is 7.84. The topological polar surface area (TPSA) is 64.9 Å². The van der Waals surface area contributed by atoms with Crippen LogP contribution in [0.4, 0.5) is 11.4 Å². The van der Waals surface area contributed by atoms with Crippen LogP contribution in [0.1, 0.15) is 24.5 Å². The molecule has 0 bridgehead atoms. The minimum Gasteiger partial charge on any atom is -0.385 e. The van der Waals surface area contributed by atoms with Gasteiger partial charge in [-0.05, 0) is 48.4 Å². The number of amides is 1. The van der Waals surface area contributed by atoms with Crippen molar-refractivity contribution in [3.05, 3.63) is 59.7 Å².